The molecular formula is C7H14N6O. The maximum Gasteiger partial charge on any atom is 0.291 e. The minimum atomic E-state index is -0.271. The Morgan fingerprint density at radius 2 is 2.36 bits per heavy atom. The van der Waals surface area contributed by atoms with Crippen molar-refractivity contribution in [1.29, 1.82) is 0 Å². The number of anilines is 1. The Morgan fingerprint density at radius 1 is 1.71 bits per heavy atom. The van der Waals surface area contributed by atoms with Crippen molar-refractivity contribution in [1.82, 2.24) is 20.1 Å². The number of nitrogen functional groups attached to an aromatic ring is 1. The number of nitrogens with zero attached hydrogens (tertiary/aromatic N) is 3. The second kappa shape index (κ2) is 4.05. The Hall–Kier alpha value is -1.63. The number of H-pyrrole nitrogens is 1. The highest BCUT2D eigenvalue weighted by atomic mass is 16.2. The molecule has 1 rings (SSSR count). The van der Waals surface area contributed by atoms with E-state index in [4.69, 9.17) is 11.5 Å². The van der Waals surface area contributed by atoms with Gasteiger partial charge in [-0.1, -0.05) is 0 Å². The van der Waals surface area contributed by atoms with Gasteiger partial charge in [-0.2, -0.15) is 4.98 Å². The highest BCUT2D eigenvalue weighted by molar-refractivity contribution is 5.90. The molecule has 7 nitrogen and oxygen atoms in total. The molecule has 0 radical (unpaired) electrons. The van der Waals surface area contributed by atoms with E-state index in [1.807, 2.05) is 6.92 Å². The van der Waals surface area contributed by atoms with Gasteiger partial charge in [-0.3, -0.25) is 9.89 Å². The van der Waals surface area contributed by atoms with Crippen LogP contribution in [0.3, 0.4) is 0 Å². The molecular weight excluding hydrogens is 184 g/mol. The van der Waals surface area contributed by atoms with E-state index >= 15 is 0 Å². The Kier molecular flexibility index (Phi) is 3.03. The molecule has 0 saturated carbocycles. The van der Waals surface area contributed by atoms with Crippen molar-refractivity contribution in [3.63, 3.8) is 0 Å². The van der Waals surface area contributed by atoms with Crippen LogP contribution in [0.5, 0.6) is 0 Å². The minimum Gasteiger partial charge on any atom is -0.366 e. The van der Waals surface area contributed by atoms with E-state index in [1.54, 1.807) is 7.05 Å². The molecule has 78 valence electrons. The Morgan fingerprint density at radius 3 is 2.79 bits per heavy atom. The van der Waals surface area contributed by atoms with Gasteiger partial charge in [0, 0.05) is 19.6 Å². The van der Waals surface area contributed by atoms with Gasteiger partial charge in [0.15, 0.2) is 0 Å². The van der Waals surface area contributed by atoms with Gasteiger partial charge in [0.25, 0.3) is 5.91 Å². The van der Waals surface area contributed by atoms with Crippen LogP contribution in [0.4, 0.5) is 5.95 Å². The zero-order chi connectivity index (χ0) is 10.7. The lowest BCUT2D eigenvalue weighted by molar-refractivity contribution is 0.0736. The first-order chi connectivity index (χ1) is 6.56. The van der Waals surface area contributed by atoms with Crippen LogP contribution in [0.2, 0.25) is 0 Å². The standard InChI is InChI=1S/C7H14N6O/c1-4(3-8)13(2)6(14)5-10-7(9)12-11-5/h4H,3,8H2,1-2H3,(H3,9,10,11,12). The lowest BCUT2D eigenvalue weighted by Crippen LogP contribution is -2.40. The number of carbonyl (C=O) groups excluding carboxylic acids is 1. The zero-order valence-electron chi connectivity index (χ0n) is 8.19. The van der Waals surface area contributed by atoms with Crippen LogP contribution in [0.1, 0.15) is 17.5 Å². The van der Waals surface area contributed by atoms with Crippen LogP contribution < -0.4 is 11.5 Å². The third kappa shape index (κ3) is 1.99. The molecule has 0 aliphatic carbocycles. The molecule has 1 aromatic rings. The third-order valence-corrected chi connectivity index (χ3v) is 2.03. The SMILES string of the molecule is CC(CN)N(C)C(=O)c1nc(N)n[nH]1. The zero-order valence-corrected chi connectivity index (χ0v) is 8.19. The van der Waals surface area contributed by atoms with Crippen molar-refractivity contribution in [3.8, 4) is 0 Å². The summed E-state index contributed by atoms with van der Waals surface area (Å²) in [5.74, 6) is -0.0837. The average molecular weight is 198 g/mol. The first-order valence-corrected chi connectivity index (χ1v) is 4.21. The van der Waals surface area contributed by atoms with Crippen molar-refractivity contribution < 1.29 is 4.79 Å². The smallest absolute Gasteiger partial charge is 0.291 e. The number of amides is 1. The number of likely N-dealkylation sites (N-methyl/N-ethyl adjacent to an activating group) is 1. The highest BCUT2D eigenvalue weighted by Crippen LogP contribution is 2.01. The highest BCUT2D eigenvalue weighted by Gasteiger charge is 2.19. The fraction of sp³-hybridized carbons (Fsp3) is 0.571. The average Bonchev–Trinajstić information content (AvgIpc) is 2.61. The summed E-state index contributed by atoms with van der Waals surface area (Å²) in [4.78, 5) is 16.9. The fourth-order valence-corrected chi connectivity index (χ4v) is 0.896. The quantitative estimate of drug-likeness (QED) is 0.564. The number of nitrogens with two attached hydrogens (primary N) is 2. The molecule has 5 N–H and O–H groups in total. The predicted octanol–water partition coefficient (Wildman–Crippen LogP) is -1.19. The summed E-state index contributed by atoms with van der Waals surface area (Å²) in [6, 6.07) is -0.0474. The molecule has 0 saturated heterocycles. The van der Waals surface area contributed by atoms with Crippen molar-refractivity contribution in [2.24, 2.45) is 5.73 Å². The van der Waals surface area contributed by atoms with Gasteiger partial charge in [0.1, 0.15) is 0 Å². The largest absolute Gasteiger partial charge is 0.366 e. The van der Waals surface area contributed by atoms with E-state index in [1.165, 1.54) is 4.90 Å². The number of aromatic nitrogens is 3. The van der Waals surface area contributed by atoms with Gasteiger partial charge in [-0.15, -0.1) is 5.10 Å². The molecule has 1 unspecified atom stereocenters. The molecule has 0 spiro atoms. The molecule has 7 heteroatoms. The number of aromatic amines is 1. The normalized spacial score (nSPS) is 12.5. The molecule has 0 bridgehead atoms. The van der Waals surface area contributed by atoms with E-state index in [0.717, 1.165) is 0 Å². The Bertz CT molecular complexity index is 322. The third-order valence-electron chi connectivity index (χ3n) is 2.03. The summed E-state index contributed by atoms with van der Waals surface area (Å²) in [5, 5.41) is 6.02. The van der Waals surface area contributed by atoms with Gasteiger partial charge < -0.3 is 16.4 Å². The van der Waals surface area contributed by atoms with Gasteiger partial charge in [-0.05, 0) is 6.92 Å². The fourth-order valence-electron chi connectivity index (χ4n) is 0.896. The van der Waals surface area contributed by atoms with Crippen LogP contribution in [-0.2, 0) is 0 Å². The van der Waals surface area contributed by atoms with Crippen molar-refractivity contribution in [3.05, 3.63) is 5.82 Å². The summed E-state index contributed by atoms with van der Waals surface area (Å²) >= 11 is 0. The summed E-state index contributed by atoms with van der Waals surface area (Å²) in [5.41, 5.74) is 10.7. The minimum absolute atomic E-state index is 0.0474. The van der Waals surface area contributed by atoms with E-state index in [2.05, 4.69) is 15.2 Å². The summed E-state index contributed by atoms with van der Waals surface area (Å²) in [7, 11) is 1.65. The second-order valence-electron chi connectivity index (χ2n) is 3.04. The molecule has 14 heavy (non-hydrogen) atoms. The molecule has 0 fully saturated rings. The number of carbonyl (C=O) groups is 1. The van der Waals surface area contributed by atoms with E-state index in [0.29, 0.717) is 6.54 Å². The van der Waals surface area contributed by atoms with E-state index < -0.39 is 0 Å². The summed E-state index contributed by atoms with van der Waals surface area (Å²) < 4.78 is 0. The van der Waals surface area contributed by atoms with Crippen LogP contribution in [0.15, 0.2) is 0 Å². The topological polar surface area (TPSA) is 114 Å². The number of hydrogen-bond donors (Lipinski definition) is 3. The van der Waals surface area contributed by atoms with Crippen molar-refractivity contribution >= 4 is 11.9 Å². The molecule has 0 aliphatic rings. The van der Waals surface area contributed by atoms with E-state index in [-0.39, 0.29) is 23.7 Å². The number of rotatable bonds is 3. The Labute approximate surface area is 81.5 Å². The first kappa shape index (κ1) is 10.5. The van der Waals surface area contributed by atoms with Crippen LogP contribution in [-0.4, -0.2) is 45.6 Å². The van der Waals surface area contributed by atoms with Crippen LogP contribution in [0, 0.1) is 0 Å². The van der Waals surface area contributed by atoms with E-state index in [9.17, 15) is 4.79 Å². The lowest BCUT2D eigenvalue weighted by atomic mass is 10.3. The molecule has 1 aromatic heterocycles. The summed E-state index contributed by atoms with van der Waals surface area (Å²) in [6.45, 7) is 2.24. The van der Waals surface area contributed by atoms with Gasteiger partial charge in [0.2, 0.25) is 11.8 Å². The monoisotopic (exact) mass is 198 g/mol. The lowest BCUT2D eigenvalue weighted by Gasteiger charge is -2.22. The van der Waals surface area contributed by atoms with Gasteiger partial charge in [-0.25, -0.2) is 0 Å². The second-order valence-corrected chi connectivity index (χ2v) is 3.04. The predicted molar refractivity (Wildman–Crippen MR) is 51.4 cm³/mol. The van der Waals surface area contributed by atoms with Crippen molar-refractivity contribution in [2.45, 2.75) is 13.0 Å². The molecule has 1 heterocycles. The van der Waals surface area contributed by atoms with Gasteiger partial charge >= 0.3 is 0 Å². The maximum absolute atomic E-state index is 11.6. The first-order valence-electron chi connectivity index (χ1n) is 4.21. The summed E-state index contributed by atoms with van der Waals surface area (Å²) in [6.07, 6.45) is 0. The maximum atomic E-state index is 11.6. The number of nitrogens with one attached hydrogen (secondary N) is 1. The van der Waals surface area contributed by atoms with Gasteiger partial charge in [0.05, 0.1) is 0 Å². The Balaban J connectivity index is 2.75. The molecule has 1 amide bonds. The molecule has 1 atom stereocenters. The van der Waals surface area contributed by atoms with Crippen LogP contribution >= 0.6 is 0 Å². The van der Waals surface area contributed by atoms with Crippen molar-refractivity contribution in [2.75, 3.05) is 19.3 Å². The molecule has 0 aromatic carbocycles. The molecule has 0 aliphatic heterocycles. The van der Waals surface area contributed by atoms with Crippen LogP contribution in [0.25, 0.3) is 0 Å². The number of hydrogen-bond acceptors (Lipinski definition) is 5.